The van der Waals surface area contributed by atoms with Crippen LogP contribution in [-0.4, -0.2) is 54.6 Å². The summed E-state index contributed by atoms with van der Waals surface area (Å²) >= 11 is 0. The minimum Gasteiger partial charge on any atom is -0.450 e. The molecule has 1 fully saturated rings. The summed E-state index contributed by atoms with van der Waals surface area (Å²) in [5, 5.41) is 0. The topological polar surface area (TPSA) is 49.9 Å². The summed E-state index contributed by atoms with van der Waals surface area (Å²) in [6.07, 6.45) is -0.356. The molecule has 1 aliphatic heterocycles. The van der Waals surface area contributed by atoms with Crippen LogP contribution in [0.15, 0.2) is 18.2 Å². The Kier molecular flexibility index (Phi) is 4.77. The summed E-state index contributed by atoms with van der Waals surface area (Å²) in [5.41, 5.74) is 0.848. The van der Waals surface area contributed by atoms with Gasteiger partial charge in [0.1, 0.15) is 5.82 Å². The molecule has 0 saturated carbocycles. The van der Waals surface area contributed by atoms with E-state index in [1.807, 2.05) is 0 Å². The first-order valence-corrected chi connectivity index (χ1v) is 7.00. The molecule has 0 bridgehead atoms. The van der Waals surface area contributed by atoms with Crippen LogP contribution < -0.4 is 0 Å². The molecule has 0 aliphatic carbocycles. The van der Waals surface area contributed by atoms with E-state index in [1.54, 1.807) is 35.8 Å². The van der Waals surface area contributed by atoms with Crippen molar-refractivity contribution in [1.82, 2.24) is 9.80 Å². The molecule has 1 saturated heterocycles. The highest BCUT2D eigenvalue weighted by molar-refractivity contribution is 5.94. The van der Waals surface area contributed by atoms with Crippen LogP contribution in [0.3, 0.4) is 0 Å². The first-order valence-electron chi connectivity index (χ1n) is 7.00. The highest BCUT2D eigenvalue weighted by Gasteiger charge is 2.25. The van der Waals surface area contributed by atoms with Crippen molar-refractivity contribution in [2.24, 2.45) is 0 Å². The highest BCUT2D eigenvalue weighted by Crippen LogP contribution is 2.13. The lowest BCUT2D eigenvalue weighted by atomic mass is 10.1. The quantitative estimate of drug-likeness (QED) is 0.839. The van der Waals surface area contributed by atoms with E-state index < -0.39 is 0 Å². The van der Waals surface area contributed by atoms with Crippen LogP contribution in [0.25, 0.3) is 0 Å². The number of piperazine rings is 1. The predicted octanol–water partition coefficient (Wildman–Crippen LogP) is 2.05. The number of ether oxygens (including phenoxy) is 1. The van der Waals surface area contributed by atoms with Gasteiger partial charge in [-0.2, -0.15) is 0 Å². The van der Waals surface area contributed by atoms with Crippen molar-refractivity contribution >= 4 is 12.0 Å². The molecule has 21 heavy (non-hydrogen) atoms. The van der Waals surface area contributed by atoms with Crippen LogP contribution in [0.5, 0.6) is 0 Å². The molecule has 114 valence electrons. The zero-order valence-electron chi connectivity index (χ0n) is 12.3. The Bertz CT molecular complexity index is 540. The average Bonchev–Trinajstić information content (AvgIpc) is 2.50. The second-order valence-corrected chi connectivity index (χ2v) is 4.94. The van der Waals surface area contributed by atoms with E-state index in [1.165, 1.54) is 6.07 Å². The van der Waals surface area contributed by atoms with E-state index in [2.05, 4.69) is 0 Å². The van der Waals surface area contributed by atoms with Gasteiger partial charge in [-0.1, -0.05) is 6.07 Å². The first kappa shape index (κ1) is 15.3. The minimum atomic E-state index is -0.383. The van der Waals surface area contributed by atoms with Gasteiger partial charge in [0, 0.05) is 31.7 Å². The third-order valence-electron chi connectivity index (χ3n) is 3.51. The molecule has 0 atom stereocenters. The summed E-state index contributed by atoms with van der Waals surface area (Å²) in [6, 6.07) is 4.48. The van der Waals surface area contributed by atoms with Crippen molar-refractivity contribution in [3.63, 3.8) is 0 Å². The average molecular weight is 294 g/mol. The number of carbonyl (C=O) groups is 2. The summed E-state index contributed by atoms with van der Waals surface area (Å²) in [4.78, 5) is 27.1. The molecule has 1 aliphatic rings. The van der Waals surface area contributed by atoms with Crippen molar-refractivity contribution in [2.75, 3.05) is 32.8 Å². The maximum Gasteiger partial charge on any atom is 0.409 e. The number of aryl methyl sites for hydroxylation is 1. The van der Waals surface area contributed by atoms with Crippen LogP contribution in [-0.2, 0) is 4.74 Å². The normalized spacial score (nSPS) is 15.0. The number of rotatable bonds is 2. The van der Waals surface area contributed by atoms with Gasteiger partial charge in [0.2, 0.25) is 0 Å². The maximum atomic E-state index is 13.5. The van der Waals surface area contributed by atoms with Gasteiger partial charge in [0.25, 0.3) is 5.91 Å². The Labute approximate surface area is 123 Å². The standard InChI is InChI=1S/C15H19FN2O3/c1-3-21-15(20)18-8-6-17(7-9-18)14(19)12-5-4-11(2)13(16)10-12/h4-5,10H,3,6-9H2,1-2H3. The second kappa shape index (κ2) is 6.56. The fraction of sp³-hybridized carbons (Fsp3) is 0.467. The molecule has 0 aromatic heterocycles. The molecule has 1 aromatic rings. The molecule has 1 aromatic carbocycles. The van der Waals surface area contributed by atoms with Gasteiger partial charge >= 0.3 is 6.09 Å². The van der Waals surface area contributed by atoms with Gasteiger partial charge in [-0.15, -0.1) is 0 Å². The molecular weight excluding hydrogens is 275 g/mol. The lowest BCUT2D eigenvalue weighted by Crippen LogP contribution is -2.50. The van der Waals surface area contributed by atoms with E-state index in [9.17, 15) is 14.0 Å². The van der Waals surface area contributed by atoms with Gasteiger partial charge in [-0.05, 0) is 31.5 Å². The fourth-order valence-corrected chi connectivity index (χ4v) is 2.22. The Balaban J connectivity index is 1.97. The number of hydrogen-bond donors (Lipinski definition) is 0. The summed E-state index contributed by atoms with van der Waals surface area (Å²) in [7, 11) is 0. The van der Waals surface area contributed by atoms with E-state index >= 15 is 0 Å². The van der Waals surface area contributed by atoms with Crippen LogP contribution in [0.2, 0.25) is 0 Å². The van der Waals surface area contributed by atoms with Gasteiger partial charge in [0.15, 0.2) is 0 Å². The van der Waals surface area contributed by atoms with Crippen LogP contribution in [0.1, 0.15) is 22.8 Å². The van der Waals surface area contributed by atoms with Crippen molar-refractivity contribution in [3.05, 3.63) is 35.1 Å². The molecule has 0 N–H and O–H groups in total. The Morgan fingerprint density at radius 3 is 2.38 bits per heavy atom. The molecule has 5 nitrogen and oxygen atoms in total. The van der Waals surface area contributed by atoms with Crippen molar-refractivity contribution in [3.8, 4) is 0 Å². The predicted molar refractivity (Wildman–Crippen MR) is 75.6 cm³/mol. The lowest BCUT2D eigenvalue weighted by molar-refractivity contribution is 0.0570. The number of hydrogen-bond acceptors (Lipinski definition) is 3. The third-order valence-corrected chi connectivity index (χ3v) is 3.51. The minimum absolute atomic E-state index is 0.211. The number of benzene rings is 1. The molecule has 2 amide bonds. The molecule has 2 rings (SSSR count). The number of nitrogens with zero attached hydrogens (tertiary/aromatic N) is 2. The molecule has 1 heterocycles. The Morgan fingerprint density at radius 2 is 1.81 bits per heavy atom. The van der Waals surface area contributed by atoms with Crippen molar-refractivity contribution < 1.29 is 18.7 Å². The monoisotopic (exact) mass is 294 g/mol. The third kappa shape index (κ3) is 3.51. The first-order chi connectivity index (χ1) is 10.0. The number of carbonyl (C=O) groups excluding carboxylic acids is 2. The molecule has 6 heteroatoms. The zero-order valence-corrected chi connectivity index (χ0v) is 12.3. The van der Waals surface area contributed by atoms with Gasteiger partial charge in [0.05, 0.1) is 6.61 Å². The molecular formula is C15H19FN2O3. The van der Waals surface area contributed by atoms with Crippen LogP contribution >= 0.6 is 0 Å². The van der Waals surface area contributed by atoms with Gasteiger partial charge < -0.3 is 14.5 Å². The van der Waals surface area contributed by atoms with Gasteiger partial charge in [-0.3, -0.25) is 4.79 Å². The second-order valence-electron chi connectivity index (χ2n) is 4.94. The largest absolute Gasteiger partial charge is 0.450 e. The zero-order chi connectivity index (χ0) is 15.4. The van der Waals surface area contributed by atoms with E-state index in [0.717, 1.165) is 0 Å². The van der Waals surface area contributed by atoms with Crippen LogP contribution in [0, 0.1) is 12.7 Å². The summed E-state index contributed by atoms with van der Waals surface area (Å²) in [5.74, 6) is -0.594. The molecule has 0 unspecified atom stereocenters. The van der Waals surface area contributed by atoms with E-state index in [-0.39, 0.29) is 17.8 Å². The fourth-order valence-electron chi connectivity index (χ4n) is 2.22. The van der Waals surface area contributed by atoms with Crippen LogP contribution in [0.4, 0.5) is 9.18 Å². The SMILES string of the molecule is CCOC(=O)N1CCN(C(=O)c2ccc(C)c(F)c2)CC1. The van der Waals surface area contributed by atoms with E-state index in [4.69, 9.17) is 4.74 Å². The summed E-state index contributed by atoms with van der Waals surface area (Å²) < 4.78 is 18.4. The maximum absolute atomic E-state index is 13.5. The smallest absolute Gasteiger partial charge is 0.409 e. The Hall–Kier alpha value is -2.11. The highest BCUT2D eigenvalue weighted by atomic mass is 19.1. The van der Waals surface area contributed by atoms with Crippen molar-refractivity contribution in [2.45, 2.75) is 13.8 Å². The number of amides is 2. The molecule has 0 spiro atoms. The summed E-state index contributed by atoms with van der Waals surface area (Å²) in [6.45, 7) is 5.45. The van der Waals surface area contributed by atoms with Gasteiger partial charge in [-0.25, -0.2) is 9.18 Å². The lowest BCUT2D eigenvalue weighted by Gasteiger charge is -2.34. The number of halogens is 1. The van der Waals surface area contributed by atoms with E-state index in [0.29, 0.717) is 43.9 Å². The van der Waals surface area contributed by atoms with Crippen molar-refractivity contribution in [1.29, 1.82) is 0 Å². The molecule has 0 radical (unpaired) electrons. The Morgan fingerprint density at radius 1 is 1.19 bits per heavy atom.